The molecule has 2 amide bonds. The van der Waals surface area contributed by atoms with Crippen LogP contribution in [0.4, 0.5) is 11.4 Å². The number of nitrogens with one attached hydrogen (secondary N) is 1. The molecule has 4 rings (SSSR count). The van der Waals surface area contributed by atoms with Crippen molar-refractivity contribution >= 4 is 46.6 Å². The molecule has 0 bridgehead atoms. The van der Waals surface area contributed by atoms with Crippen molar-refractivity contribution < 1.29 is 9.59 Å². The fraction of sp³-hybridized carbons (Fsp3) is 0.115. The van der Waals surface area contributed by atoms with Crippen LogP contribution in [0, 0.1) is 18.3 Å². The molecule has 164 valence electrons. The lowest BCUT2D eigenvalue weighted by Crippen LogP contribution is -2.31. The van der Waals surface area contributed by atoms with E-state index in [9.17, 15) is 14.9 Å². The van der Waals surface area contributed by atoms with E-state index in [1.54, 1.807) is 30.3 Å². The summed E-state index contributed by atoms with van der Waals surface area (Å²) >= 11 is 7.36. The van der Waals surface area contributed by atoms with Gasteiger partial charge in [0.15, 0.2) is 0 Å². The number of thioether (sulfide) groups is 1. The van der Waals surface area contributed by atoms with E-state index in [2.05, 4.69) is 5.32 Å². The van der Waals surface area contributed by atoms with Gasteiger partial charge in [0.05, 0.1) is 10.9 Å². The number of anilines is 2. The molecule has 5 nitrogen and oxygen atoms in total. The predicted octanol–water partition coefficient (Wildman–Crippen LogP) is 5.71. The van der Waals surface area contributed by atoms with Gasteiger partial charge in [0.1, 0.15) is 16.7 Å². The molecule has 1 heterocycles. The van der Waals surface area contributed by atoms with Gasteiger partial charge in [0, 0.05) is 10.7 Å². The smallest absolute Gasteiger partial charge is 0.269 e. The third kappa shape index (κ3) is 4.95. The van der Waals surface area contributed by atoms with Gasteiger partial charge in [0.25, 0.3) is 5.91 Å². The van der Waals surface area contributed by atoms with Crippen LogP contribution in [-0.2, 0) is 16.0 Å². The van der Waals surface area contributed by atoms with Gasteiger partial charge in [-0.25, -0.2) is 0 Å². The summed E-state index contributed by atoms with van der Waals surface area (Å²) in [6.07, 6.45) is 0.426. The van der Waals surface area contributed by atoms with Crippen molar-refractivity contribution in [3.8, 4) is 6.07 Å². The molecule has 0 unspecified atom stereocenters. The van der Waals surface area contributed by atoms with Gasteiger partial charge in [-0.1, -0.05) is 71.9 Å². The summed E-state index contributed by atoms with van der Waals surface area (Å²) < 4.78 is 0. The molecule has 1 atom stereocenters. The van der Waals surface area contributed by atoms with Crippen LogP contribution in [0.2, 0.25) is 5.02 Å². The van der Waals surface area contributed by atoms with Crippen LogP contribution in [0.5, 0.6) is 0 Å². The zero-order valence-corrected chi connectivity index (χ0v) is 19.4. The Morgan fingerprint density at radius 2 is 1.82 bits per heavy atom. The van der Waals surface area contributed by atoms with Gasteiger partial charge in [0.2, 0.25) is 5.91 Å². The average Bonchev–Trinajstić information content (AvgIpc) is 3.11. The summed E-state index contributed by atoms with van der Waals surface area (Å²) in [5, 5.41) is 13.1. The van der Waals surface area contributed by atoms with Crippen molar-refractivity contribution in [2.24, 2.45) is 0 Å². The van der Waals surface area contributed by atoms with Crippen LogP contribution in [0.25, 0.3) is 0 Å². The average molecular weight is 474 g/mol. The summed E-state index contributed by atoms with van der Waals surface area (Å²) in [6.45, 7) is 1.89. The fourth-order valence-electron chi connectivity index (χ4n) is 3.61. The highest BCUT2D eigenvalue weighted by molar-refractivity contribution is 8.05. The summed E-state index contributed by atoms with van der Waals surface area (Å²) in [4.78, 5) is 28.1. The number of carbonyl (C=O) groups excluding carboxylic acids is 2. The summed E-state index contributed by atoms with van der Waals surface area (Å²) in [7, 11) is 0. The Morgan fingerprint density at radius 1 is 1.09 bits per heavy atom. The van der Waals surface area contributed by atoms with E-state index < -0.39 is 11.2 Å². The Hall–Kier alpha value is -3.53. The molecule has 0 aliphatic carbocycles. The molecule has 3 aromatic rings. The van der Waals surface area contributed by atoms with E-state index in [1.165, 1.54) is 16.7 Å². The number of benzene rings is 3. The molecule has 1 fully saturated rings. The van der Waals surface area contributed by atoms with Crippen molar-refractivity contribution in [3.05, 3.63) is 106 Å². The molecule has 1 saturated heterocycles. The third-order valence-corrected chi connectivity index (χ3v) is 6.70. The molecular formula is C26H20ClN3O2S. The fourth-order valence-corrected chi connectivity index (χ4v) is 5.13. The van der Waals surface area contributed by atoms with Gasteiger partial charge in [-0.3, -0.25) is 14.5 Å². The van der Waals surface area contributed by atoms with Crippen LogP contribution >= 0.6 is 23.4 Å². The number of amides is 2. The molecular weight excluding hydrogens is 454 g/mol. The summed E-state index contributed by atoms with van der Waals surface area (Å²) in [5.41, 5.74) is 2.90. The first-order valence-corrected chi connectivity index (χ1v) is 11.5. The van der Waals surface area contributed by atoms with Crippen LogP contribution in [0.3, 0.4) is 0 Å². The SMILES string of the molecule is Cc1ccccc1N1C(=O)[C@H](Cc2cccc(Cl)c2)S/C1=C(/C#N)C(=O)Nc1ccccc1. The Morgan fingerprint density at radius 3 is 2.52 bits per heavy atom. The maximum Gasteiger partial charge on any atom is 0.269 e. The van der Waals surface area contributed by atoms with Crippen molar-refractivity contribution in [3.63, 3.8) is 0 Å². The maximum absolute atomic E-state index is 13.6. The maximum atomic E-state index is 13.6. The second kappa shape index (κ2) is 9.95. The Kier molecular flexibility index (Phi) is 6.83. The molecule has 0 aromatic heterocycles. The van der Waals surface area contributed by atoms with Crippen LogP contribution in [0.15, 0.2) is 89.5 Å². The molecule has 33 heavy (non-hydrogen) atoms. The molecule has 1 N–H and O–H groups in total. The quantitative estimate of drug-likeness (QED) is 0.380. The molecule has 7 heteroatoms. The van der Waals surface area contributed by atoms with Gasteiger partial charge in [-0.05, 0) is 54.8 Å². The van der Waals surface area contributed by atoms with E-state index in [-0.39, 0.29) is 11.5 Å². The minimum atomic E-state index is -0.555. The second-order valence-corrected chi connectivity index (χ2v) is 9.14. The van der Waals surface area contributed by atoms with Crippen molar-refractivity contribution in [1.29, 1.82) is 5.26 Å². The lowest BCUT2D eigenvalue weighted by Gasteiger charge is -2.20. The number of aryl methyl sites for hydroxylation is 1. The normalized spacial score (nSPS) is 16.9. The topological polar surface area (TPSA) is 73.2 Å². The lowest BCUT2D eigenvalue weighted by atomic mass is 10.1. The molecule has 1 aliphatic heterocycles. The monoisotopic (exact) mass is 473 g/mol. The standard InChI is InChI=1S/C26H20ClN3O2S/c1-17-8-5-6-13-22(17)30-25(32)23(15-18-9-7-10-19(27)14-18)33-26(30)21(16-28)24(31)29-20-11-3-2-4-12-20/h2-14,23H,15H2,1H3,(H,29,31)/b26-21-/t23-/m0/s1. The first-order chi connectivity index (χ1) is 16.0. The minimum absolute atomic E-state index is 0.103. The number of carbonyl (C=O) groups is 2. The zero-order valence-electron chi connectivity index (χ0n) is 17.8. The van der Waals surface area contributed by atoms with Crippen molar-refractivity contribution in [1.82, 2.24) is 0 Å². The summed E-state index contributed by atoms with van der Waals surface area (Å²) in [6, 6.07) is 25.7. The van der Waals surface area contributed by atoms with Gasteiger partial charge in [-0.2, -0.15) is 5.26 Å². The van der Waals surface area contributed by atoms with Gasteiger partial charge < -0.3 is 5.32 Å². The van der Waals surface area contributed by atoms with Crippen LogP contribution in [0.1, 0.15) is 11.1 Å². The third-order valence-electron chi connectivity index (χ3n) is 5.20. The summed E-state index contributed by atoms with van der Waals surface area (Å²) in [5.74, 6) is -0.731. The Balaban J connectivity index is 1.75. The number of rotatable bonds is 5. The van der Waals surface area contributed by atoms with Crippen molar-refractivity contribution in [2.45, 2.75) is 18.6 Å². The van der Waals surface area contributed by atoms with Crippen molar-refractivity contribution in [2.75, 3.05) is 10.2 Å². The Bertz CT molecular complexity index is 1280. The molecule has 1 aliphatic rings. The minimum Gasteiger partial charge on any atom is -0.321 e. The number of hydrogen-bond acceptors (Lipinski definition) is 4. The number of nitrogens with zero attached hydrogens (tertiary/aromatic N) is 2. The van der Waals surface area contributed by atoms with Gasteiger partial charge >= 0.3 is 0 Å². The van der Waals surface area contributed by atoms with E-state index >= 15 is 0 Å². The highest BCUT2D eigenvalue weighted by Crippen LogP contribution is 2.43. The van der Waals surface area contributed by atoms with E-state index in [0.29, 0.717) is 27.8 Å². The highest BCUT2D eigenvalue weighted by atomic mass is 35.5. The first kappa shape index (κ1) is 22.7. The van der Waals surface area contributed by atoms with E-state index in [0.717, 1.165) is 11.1 Å². The molecule has 3 aromatic carbocycles. The van der Waals surface area contributed by atoms with Crippen LogP contribution < -0.4 is 10.2 Å². The predicted molar refractivity (Wildman–Crippen MR) is 133 cm³/mol. The second-order valence-electron chi connectivity index (χ2n) is 7.51. The van der Waals surface area contributed by atoms with E-state index in [4.69, 9.17) is 11.6 Å². The number of para-hydroxylation sites is 2. The lowest BCUT2D eigenvalue weighted by molar-refractivity contribution is -0.117. The molecule has 0 radical (unpaired) electrons. The first-order valence-electron chi connectivity index (χ1n) is 10.3. The molecule has 0 spiro atoms. The number of hydrogen-bond donors (Lipinski definition) is 1. The largest absolute Gasteiger partial charge is 0.321 e. The Labute approximate surface area is 201 Å². The van der Waals surface area contributed by atoms with E-state index in [1.807, 2.05) is 61.5 Å². The van der Waals surface area contributed by atoms with Crippen LogP contribution in [-0.4, -0.2) is 17.1 Å². The molecule has 0 saturated carbocycles. The highest BCUT2D eigenvalue weighted by Gasteiger charge is 2.41. The van der Waals surface area contributed by atoms with Gasteiger partial charge in [-0.15, -0.1) is 0 Å². The number of nitriles is 1. The zero-order chi connectivity index (χ0) is 23.4. The number of halogens is 1.